The first kappa shape index (κ1) is 34.7. The molecule has 44 heavy (non-hydrogen) atoms. The van der Waals surface area contributed by atoms with Gasteiger partial charge in [0.25, 0.3) is 17.8 Å². The van der Waals surface area contributed by atoms with E-state index in [4.69, 9.17) is 54.2 Å². The molecule has 236 valence electrons. The number of aliphatic imine (C=N–C) groups is 1. The third-order valence-corrected chi connectivity index (χ3v) is 7.58. The van der Waals surface area contributed by atoms with Crippen molar-refractivity contribution in [3.8, 4) is 5.75 Å². The highest BCUT2D eigenvalue weighted by Gasteiger charge is 2.38. The fourth-order valence-corrected chi connectivity index (χ4v) is 5.09. The number of thiophene rings is 1. The number of nitrogens with zero attached hydrogens (tertiary/aromatic N) is 3. The Labute approximate surface area is 267 Å². The zero-order valence-corrected chi connectivity index (χ0v) is 25.9. The van der Waals surface area contributed by atoms with Crippen LogP contribution >= 0.6 is 46.1 Å². The molecule has 3 heterocycles. The first-order valence-corrected chi connectivity index (χ1v) is 14.4. The largest absolute Gasteiger partial charge is 0.494 e. The number of carbonyl (C=O) groups is 3. The number of amidine groups is 1. The van der Waals surface area contributed by atoms with Crippen molar-refractivity contribution in [2.75, 3.05) is 37.4 Å². The summed E-state index contributed by atoms with van der Waals surface area (Å²) in [6.45, 7) is 4.24. The Balaban J connectivity index is 0.000000676. The Hall–Kier alpha value is -3.79. The molecule has 0 radical (unpaired) electrons. The first-order valence-electron chi connectivity index (χ1n) is 12.3. The molecule has 1 aliphatic heterocycles. The molecule has 0 saturated heterocycles. The number of nitrogens with one attached hydrogen (secondary N) is 2. The van der Waals surface area contributed by atoms with Crippen molar-refractivity contribution in [1.82, 2.24) is 9.88 Å². The van der Waals surface area contributed by atoms with Gasteiger partial charge in [-0.25, -0.2) is 14.8 Å². The van der Waals surface area contributed by atoms with Gasteiger partial charge in [0, 0.05) is 35.9 Å². The van der Waals surface area contributed by atoms with Crippen LogP contribution in [0.4, 0.5) is 24.7 Å². The minimum atomic E-state index is -5.08. The van der Waals surface area contributed by atoms with E-state index >= 15 is 0 Å². The summed E-state index contributed by atoms with van der Waals surface area (Å²) in [6, 6.07) is 6.63. The number of pyridine rings is 1. The van der Waals surface area contributed by atoms with Gasteiger partial charge in [-0.3, -0.25) is 9.59 Å². The summed E-state index contributed by atoms with van der Waals surface area (Å²) in [4.78, 5) is 45.9. The van der Waals surface area contributed by atoms with Gasteiger partial charge in [0.2, 0.25) is 0 Å². The highest BCUT2D eigenvalue weighted by Crippen LogP contribution is 2.35. The Kier molecular flexibility index (Phi) is 12.0. The number of aliphatic carboxylic acids is 1. The summed E-state index contributed by atoms with van der Waals surface area (Å²) in [5, 5.41) is 15.3. The molecule has 2 aromatic heterocycles. The van der Waals surface area contributed by atoms with Crippen LogP contribution in [0.25, 0.3) is 0 Å². The highest BCUT2D eigenvalue weighted by molar-refractivity contribution is 7.13. The summed E-state index contributed by atoms with van der Waals surface area (Å²) in [6.07, 6.45) is -3.68. The summed E-state index contributed by atoms with van der Waals surface area (Å²) < 4.78 is 42.7. The van der Waals surface area contributed by atoms with Gasteiger partial charge in [-0.2, -0.15) is 13.2 Å². The lowest BCUT2D eigenvalue weighted by atomic mass is 10.1. The van der Waals surface area contributed by atoms with E-state index in [9.17, 15) is 22.8 Å². The summed E-state index contributed by atoms with van der Waals surface area (Å²) >= 11 is 19.9. The van der Waals surface area contributed by atoms with Gasteiger partial charge in [0.15, 0.2) is 0 Å². The lowest BCUT2D eigenvalue weighted by Crippen LogP contribution is -2.30. The van der Waals surface area contributed by atoms with Gasteiger partial charge in [0.05, 0.1) is 35.0 Å². The molecule has 11 nitrogen and oxygen atoms in total. The second kappa shape index (κ2) is 15.3. The van der Waals surface area contributed by atoms with Gasteiger partial charge in [-0.15, -0.1) is 11.3 Å². The van der Waals surface area contributed by atoms with E-state index in [0.717, 1.165) is 5.56 Å². The number of methoxy groups -OCH3 is 1. The van der Waals surface area contributed by atoms with Crippen LogP contribution in [0.3, 0.4) is 0 Å². The molecule has 1 aliphatic rings. The number of rotatable bonds is 8. The fraction of sp³-hybridized carbons (Fsp3) is 0.269. The maximum atomic E-state index is 13.3. The number of hydrogen-bond acceptors (Lipinski definition) is 9. The van der Waals surface area contributed by atoms with E-state index in [1.807, 2.05) is 17.2 Å². The molecule has 4 rings (SSSR count). The number of hydrogen-bond donors (Lipinski definition) is 3. The van der Waals surface area contributed by atoms with E-state index in [1.54, 1.807) is 12.1 Å². The Morgan fingerprint density at radius 2 is 1.84 bits per heavy atom. The number of benzene rings is 1. The Morgan fingerprint density at radius 3 is 2.39 bits per heavy atom. The van der Waals surface area contributed by atoms with Crippen LogP contribution in [0.15, 0.2) is 40.8 Å². The van der Waals surface area contributed by atoms with E-state index < -0.39 is 24.0 Å². The lowest BCUT2D eigenvalue weighted by Gasteiger charge is -2.21. The van der Waals surface area contributed by atoms with Gasteiger partial charge >= 0.3 is 12.1 Å². The van der Waals surface area contributed by atoms with Crippen molar-refractivity contribution < 1.29 is 42.1 Å². The molecular weight excluding hydrogens is 674 g/mol. The molecule has 1 aromatic carbocycles. The molecule has 0 fully saturated rings. The van der Waals surface area contributed by atoms with Crippen molar-refractivity contribution in [1.29, 1.82) is 0 Å². The molecule has 2 amide bonds. The topological polar surface area (TPSA) is 142 Å². The third-order valence-electron chi connectivity index (χ3n) is 5.57. The monoisotopic (exact) mass is 695 g/mol. The number of carboxylic acid groups (broad SMARTS) is 1. The number of alkyl halides is 3. The van der Waals surface area contributed by atoms with Crippen molar-refractivity contribution in [3.05, 3.63) is 66.9 Å². The highest BCUT2D eigenvalue weighted by atomic mass is 35.5. The SMILES string of the molecule is CCN(Cc1csc(C(=O)Nc2c(OC)cc(Cl)cc2C(=O)Nc2ccc(Cl)cn2)c1Cl)C1=NCCO1.O=C(O)C(F)(F)F. The molecule has 0 saturated carbocycles. The van der Waals surface area contributed by atoms with Crippen LogP contribution in [0.2, 0.25) is 15.1 Å². The maximum Gasteiger partial charge on any atom is 0.490 e. The van der Waals surface area contributed by atoms with E-state index in [0.29, 0.717) is 42.3 Å². The quantitative estimate of drug-likeness (QED) is 0.244. The molecule has 0 unspecified atom stereocenters. The predicted octanol–water partition coefficient (Wildman–Crippen LogP) is 6.46. The van der Waals surface area contributed by atoms with Gasteiger partial charge in [0.1, 0.15) is 23.1 Å². The number of amides is 2. The van der Waals surface area contributed by atoms with Crippen molar-refractivity contribution >= 4 is 81.5 Å². The van der Waals surface area contributed by atoms with Crippen LogP contribution in [0, 0.1) is 0 Å². The predicted molar refractivity (Wildman–Crippen MR) is 161 cm³/mol. The van der Waals surface area contributed by atoms with Gasteiger partial charge < -0.3 is 30.1 Å². The number of anilines is 2. The molecule has 0 spiro atoms. The zero-order valence-electron chi connectivity index (χ0n) is 22.8. The average Bonchev–Trinajstić information content (AvgIpc) is 3.63. The van der Waals surface area contributed by atoms with Crippen LogP contribution < -0.4 is 15.4 Å². The van der Waals surface area contributed by atoms with Gasteiger partial charge in [-0.1, -0.05) is 34.8 Å². The number of aromatic nitrogens is 1. The van der Waals surface area contributed by atoms with Crippen molar-refractivity contribution in [2.24, 2.45) is 4.99 Å². The smallest absolute Gasteiger partial charge is 0.490 e. The molecule has 0 aliphatic carbocycles. The van der Waals surface area contributed by atoms with Gasteiger partial charge in [-0.05, 0) is 30.5 Å². The number of halogens is 6. The summed E-state index contributed by atoms with van der Waals surface area (Å²) in [5.41, 5.74) is 0.973. The molecule has 18 heteroatoms. The summed E-state index contributed by atoms with van der Waals surface area (Å²) in [5.74, 6) is -3.34. The Bertz CT molecular complexity index is 1550. The van der Waals surface area contributed by atoms with Crippen molar-refractivity contribution in [3.63, 3.8) is 0 Å². The number of ether oxygens (including phenoxy) is 2. The van der Waals surface area contributed by atoms with Crippen LogP contribution in [0.1, 0.15) is 32.5 Å². The minimum Gasteiger partial charge on any atom is -0.494 e. The number of carboxylic acids is 1. The molecule has 0 atom stereocenters. The Morgan fingerprint density at radius 1 is 1.14 bits per heavy atom. The molecule has 3 N–H and O–H groups in total. The van der Waals surface area contributed by atoms with E-state index in [1.165, 1.54) is 36.8 Å². The van der Waals surface area contributed by atoms with Crippen LogP contribution in [0.5, 0.6) is 5.75 Å². The van der Waals surface area contributed by atoms with E-state index in [2.05, 4.69) is 20.6 Å². The standard InChI is InChI=1S/C24H22Cl3N5O4S.C2HF3O2/c1-3-32(24-28-6-7-36-24)11-13-12-37-21(19(13)27)23(34)31-20-16(8-15(26)9-17(20)35-2)22(33)30-18-5-4-14(25)10-29-18;3-2(4,5)1(6)7/h4-5,8-10,12H,3,6-7,11H2,1-2H3,(H,31,34)(H,29,30,33);(H,6,7). The second-order valence-corrected chi connectivity index (χ2v) is 10.7. The molecular formula is C26H23Cl3F3N5O6S. The molecule has 3 aromatic rings. The van der Waals surface area contributed by atoms with Crippen LogP contribution in [-0.2, 0) is 16.1 Å². The average molecular weight is 697 g/mol. The zero-order chi connectivity index (χ0) is 32.6. The summed E-state index contributed by atoms with van der Waals surface area (Å²) in [7, 11) is 1.41. The third kappa shape index (κ3) is 9.11. The maximum absolute atomic E-state index is 13.3. The van der Waals surface area contributed by atoms with Crippen molar-refractivity contribution in [2.45, 2.75) is 19.6 Å². The van der Waals surface area contributed by atoms with Crippen LogP contribution in [-0.4, -0.2) is 71.8 Å². The number of carbonyl (C=O) groups excluding carboxylic acids is 2. The minimum absolute atomic E-state index is 0.0795. The lowest BCUT2D eigenvalue weighted by molar-refractivity contribution is -0.192. The molecule has 0 bridgehead atoms. The second-order valence-electron chi connectivity index (χ2n) is 8.53. The first-order chi connectivity index (χ1) is 20.7. The fourth-order valence-electron chi connectivity index (χ4n) is 3.53. The van der Waals surface area contributed by atoms with E-state index in [-0.39, 0.29) is 32.7 Å². The normalized spacial score (nSPS) is 12.3.